The van der Waals surface area contributed by atoms with Crippen molar-refractivity contribution in [1.82, 2.24) is 14.6 Å². The van der Waals surface area contributed by atoms with Crippen LogP contribution >= 0.6 is 11.8 Å². The van der Waals surface area contributed by atoms with Crippen molar-refractivity contribution in [1.29, 1.82) is 0 Å². The van der Waals surface area contributed by atoms with Crippen LogP contribution in [0.15, 0.2) is 72.0 Å². The lowest BCUT2D eigenvalue weighted by atomic mass is 10.1. The summed E-state index contributed by atoms with van der Waals surface area (Å²) in [7, 11) is 0. The summed E-state index contributed by atoms with van der Waals surface area (Å²) in [6.45, 7) is 4.16. The Kier molecular flexibility index (Phi) is 5.62. The van der Waals surface area contributed by atoms with E-state index in [1.54, 1.807) is 6.20 Å². The number of amides is 1. The molecule has 4 aromatic rings. The van der Waals surface area contributed by atoms with Gasteiger partial charge >= 0.3 is 0 Å². The first-order chi connectivity index (χ1) is 14.1. The van der Waals surface area contributed by atoms with Crippen molar-refractivity contribution in [3.63, 3.8) is 0 Å². The number of benzene rings is 2. The van der Waals surface area contributed by atoms with E-state index in [4.69, 9.17) is 0 Å². The first-order valence-electron chi connectivity index (χ1n) is 9.55. The molecule has 0 aliphatic carbocycles. The minimum Gasteiger partial charge on any atom is -0.325 e. The standard InChI is InChI=1S/C23H22N4OS/c1-3-17-6-8-18(9-7-17)20-14-21-23(24-12-13-27(21)26-20)29-15-22(28)25-19-10-4-16(2)5-11-19/h4-14H,3,15H2,1-2H3,(H,25,28). The van der Waals surface area contributed by atoms with Gasteiger partial charge in [-0.1, -0.05) is 60.6 Å². The largest absolute Gasteiger partial charge is 0.325 e. The third-order valence-corrected chi connectivity index (χ3v) is 5.68. The van der Waals surface area contributed by atoms with Gasteiger partial charge in [-0.05, 0) is 37.1 Å². The highest BCUT2D eigenvalue weighted by atomic mass is 32.2. The molecule has 0 fully saturated rings. The molecule has 5 nitrogen and oxygen atoms in total. The maximum atomic E-state index is 12.3. The van der Waals surface area contributed by atoms with Crippen LogP contribution in [0.2, 0.25) is 0 Å². The van der Waals surface area contributed by atoms with Crippen molar-refractivity contribution < 1.29 is 4.79 Å². The van der Waals surface area contributed by atoms with Crippen LogP contribution < -0.4 is 5.32 Å². The Hall–Kier alpha value is -3.12. The summed E-state index contributed by atoms with van der Waals surface area (Å²) in [6.07, 6.45) is 4.56. The number of thioether (sulfide) groups is 1. The maximum absolute atomic E-state index is 12.3. The van der Waals surface area contributed by atoms with Crippen molar-refractivity contribution in [2.45, 2.75) is 25.3 Å². The van der Waals surface area contributed by atoms with Crippen molar-refractivity contribution in [3.05, 3.63) is 78.1 Å². The number of aromatic nitrogens is 3. The second-order valence-corrected chi connectivity index (χ2v) is 7.81. The first-order valence-corrected chi connectivity index (χ1v) is 10.5. The molecule has 0 unspecified atom stereocenters. The number of nitrogens with one attached hydrogen (secondary N) is 1. The zero-order valence-corrected chi connectivity index (χ0v) is 17.2. The van der Waals surface area contributed by atoms with Gasteiger partial charge < -0.3 is 5.32 Å². The fourth-order valence-corrected chi connectivity index (χ4v) is 3.81. The lowest BCUT2D eigenvalue weighted by Gasteiger charge is -2.06. The fraction of sp³-hybridized carbons (Fsp3) is 0.174. The molecule has 6 heteroatoms. The van der Waals surface area contributed by atoms with E-state index >= 15 is 0 Å². The van der Waals surface area contributed by atoms with Gasteiger partial charge in [-0.3, -0.25) is 4.79 Å². The first kappa shape index (κ1) is 19.2. The summed E-state index contributed by atoms with van der Waals surface area (Å²) in [5.41, 5.74) is 6.12. The van der Waals surface area contributed by atoms with Gasteiger partial charge in [0.2, 0.25) is 5.91 Å². The quantitative estimate of drug-likeness (QED) is 0.461. The number of hydrogen-bond acceptors (Lipinski definition) is 4. The minimum absolute atomic E-state index is 0.0578. The molecule has 146 valence electrons. The summed E-state index contributed by atoms with van der Waals surface area (Å²) in [5, 5.41) is 8.37. The van der Waals surface area contributed by atoms with Crippen LogP contribution in [0.5, 0.6) is 0 Å². The smallest absolute Gasteiger partial charge is 0.234 e. The number of nitrogens with zero attached hydrogens (tertiary/aromatic N) is 3. The molecule has 0 atom stereocenters. The lowest BCUT2D eigenvalue weighted by molar-refractivity contribution is -0.113. The molecule has 2 heterocycles. The van der Waals surface area contributed by atoms with Gasteiger partial charge in [0.05, 0.1) is 17.0 Å². The predicted octanol–water partition coefficient (Wildman–Crippen LogP) is 5.00. The van der Waals surface area contributed by atoms with E-state index in [2.05, 4.69) is 46.6 Å². The number of hydrogen-bond donors (Lipinski definition) is 1. The monoisotopic (exact) mass is 402 g/mol. The minimum atomic E-state index is -0.0578. The Balaban J connectivity index is 1.49. The molecule has 0 bridgehead atoms. The lowest BCUT2D eigenvalue weighted by Crippen LogP contribution is -2.14. The number of aryl methyl sites for hydroxylation is 2. The van der Waals surface area contributed by atoms with Crippen LogP contribution in [-0.4, -0.2) is 26.3 Å². The number of carbonyl (C=O) groups excluding carboxylic acids is 1. The average molecular weight is 403 g/mol. The third-order valence-electron chi connectivity index (χ3n) is 4.69. The van der Waals surface area contributed by atoms with Crippen molar-refractivity contribution in [2.24, 2.45) is 0 Å². The number of fused-ring (bicyclic) bond motifs is 1. The molecular formula is C23H22N4OS. The Morgan fingerprint density at radius 1 is 1.10 bits per heavy atom. The van der Waals surface area contributed by atoms with Crippen LogP contribution in [0.25, 0.3) is 16.8 Å². The van der Waals surface area contributed by atoms with Crippen LogP contribution in [0, 0.1) is 6.92 Å². The SMILES string of the molecule is CCc1ccc(-c2cc3c(SCC(=O)Nc4ccc(C)cc4)nccn3n2)cc1. The molecule has 0 aliphatic rings. The molecule has 0 saturated carbocycles. The molecule has 29 heavy (non-hydrogen) atoms. The Labute approximate surface area is 174 Å². The van der Waals surface area contributed by atoms with Crippen LogP contribution in [0.1, 0.15) is 18.1 Å². The van der Waals surface area contributed by atoms with Gasteiger partial charge in [-0.15, -0.1) is 0 Å². The zero-order chi connectivity index (χ0) is 20.2. The summed E-state index contributed by atoms with van der Waals surface area (Å²) in [5.74, 6) is 0.226. The van der Waals surface area contributed by atoms with E-state index in [9.17, 15) is 4.79 Å². The molecule has 0 aliphatic heterocycles. The van der Waals surface area contributed by atoms with E-state index in [-0.39, 0.29) is 11.7 Å². The third kappa shape index (κ3) is 4.49. The van der Waals surface area contributed by atoms with Crippen LogP contribution in [0.4, 0.5) is 5.69 Å². The second-order valence-electron chi connectivity index (χ2n) is 6.85. The summed E-state index contributed by atoms with van der Waals surface area (Å²) >= 11 is 1.41. The Morgan fingerprint density at radius 3 is 2.59 bits per heavy atom. The predicted molar refractivity (Wildman–Crippen MR) is 118 cm³/mol. The highest BCUT2D eigenvalue weighted by Gasteiger charge is 2.11. The van der Waals surface area contributed by atoms with Gasteiger partial charge in [-0.2, -0.15) is 5.10 Å². The molecule has 0 radical (unpaired) electrons. The van der Waals surface area contributed by atoms with Crippen molar-refractivity contribution in [2.75, 3.05) is 11.1 Å². The second kappa shape index (κ2) is 8.49. The summed E-state index contributed by atoms with van der Waals surface area (Å²) < 4.78 is 1.82. The van der Waals surface area contributed by atoms with Gasteiger partial charge in [0.1, 0.15) is 5.03 Å². The maximum Gasteiger partial charge on any atom is 0.234 e. The average Bonchev–Trinajstić information content (AvgIpc) is 3.19. The van der Waals surface area contributed by atoms with E-state index < -0.39 is 0 Å². The number of anilines is 1. The number of carbonyl (C=O) groups is 1. The van der Waals surface area contributed by atoms with Crippen LogP contribution in [-0.2, 0) is 11.2 Å². The molecule has 2 aromatic heterocycles. The highest BCUT2D eigenvalue weighted by Crippen LogP contribution is 2.26. The van der Waals surface area contributed by atoms with Gasteiger partial charge in [0, 0.05) is 23.6 Å². The Bertz CT molecular complexity index is 1130. The van der Waals surface area contributed by atoms with E-state index in [0.29, 0.717) is 0 Å². The molecule has 4 rings (SSSR count). The van der Waals surface area contributed by atoms with Gasteiger partial charge in [0.25, 0.3) is 0 Å². The topological polar surface area (TPSA) is 59.3 Å². The fourth-order valence-electron chi connectivity index (χ4n) is 3.03. The molecule has 1 N–H and O–H groups in total. The zero-order valence-electron chi connectivity index (χ0n) is 16.4. The van der Waals surface area contributed by atoms with E-state index in [0.717, 1.165) is 39.5 Å². The van der Waals surface area contributed by atoms with Gasteiger partial charge in [0.15, 0.2) is 0 Å². The molecule has 1 amide bonds. The summed E-state index contributed by atoms with van der Waals surface area (Å²) in [4.78, 5) is 16.8. The van der Waals surface area contributed by atoms with Crippen molar-refractivity contribution in [3.8, 4) is 11.3 Å². The molecule has 0 saturated heterocycles. The molecule has 0 spiro atoms. The highest BCUT2D eigenvalue weighted by molar-refractivity contribution is 8.00. The van der Waals surface area contributed by atoms with E-state index in [1.165, 1.54) is 17.3 Å². The van der Waals surface area contributed by atoms with Gasteiger partial charge in [-0.25, -0.2) is 9.50 Å². The van der Waals surface area contributed by atoms with Crippen molar-refractivity contribution >= 4 is 28.9 Å². The molecule has 2 aromatic carbocycles. The summed E-state index contributed by atoms with van der Waals surface area (Å²) in [6, 6.07) is 18.2. The normalized spacial score (nSPS) is 11.0. The molecular weight excluding hydrogens is 380 g/mol. The number of rotatable bonds is 6. The van der Waals surface area contributed by atoms with Crippen LogP contribution in [0.3, 0.4) is 0 Å². The Morgan fingerprint density at radius 2 is 1.86 bits per heavy atom. The van der Waals surface area contributed by atoms with E-state index in [1.807, 2.05) is 48.0 Å².